The molecule has 11 heteroatoms. The molecule has 262 valence electrons. The lowest BCUT2D eigenvalue weighted by Gasteiger charge is -2.43. The van der Waals surface area contributed by atoms with Crippen molar-refractivity contribution in [1.82, 2.24) is 35.3 Å². The van der Waals surface area contributed by atoms with Gasteiger partial charge >= 0.3 is 0 Å². The van der Waals surface area contributed by atoms with Gasteiger partial charge in [0.2, 0.25) is 11.8 Å². The molecule has 0 spiro atoms. The molecule has 0 radical (unpaired) electrons. The first kappa shape index (κ1) is 32.7. The molecule has 3 N–H and O–H groups in total. The third kappa shape index (κ3) is 6.43. The van der Waals surface area contributed by atoms with E-state index in [1.807, 2.05) is 29.2 Å². The van der Waals surface area contributed by atoms with Crippen molar-refractivity contribution in [3.8, 4) is 11.4 Å². The average Bonchev–Trinajstić information content (AvgIpc) is 3.72. The van der Waals surface area contributed by atoms with Gasteiger partial charge in [-0.3, -0.25) is 29.7 Å². The van der Waals surface area contributed by atoms with Crippen LogP contribution in [0, 0.1) is 11.3 Å². The first-order valence-corrected chi connectivity index (χ1v) is 18.4. The van der Waals surface area contributed by atoms with Crippen LogP contribution in [0.1, 0.15) is 86.0 Å². The maximum Gasteiger partial charge on any atom is 0.253 e. The Morgan fingerprint density at radius 2 is 1.84 bits per heavy atom. The summed E-state index contributed by atoms with van der Waals surface area (Å²) in [5.74, 6) is 0.867. The maximum absolute atomic E-state index is 13.6. The van der Waals surface area contributed by atoms with Crippen molar-refractivity contribution in [1.29, 1.82) is 0 Å². The van der Waals surface area contributed by atoms with Crippen LogP contribution in [0.15, 0.2) is 42.6 Å². The Bertz CT molecular complexity index is 1920. The molecular weight excluding hydrogens is 628 g/mol. The van der Waals surface area contributed by atoms with Gasteiger partial charge in [0.15, 0.2) is 0 Å². The van der Waals surface area contributed by atoms with Crippen molar-refractivity contribution in [3.05, 3.63) is 65.0 Å². The van der Waals surface area contributed by atoms with E-state index in [1.54, 1.807) is 6.20 Å². The van der Waals surface area contributed by atoms with E-state index in [-0.39, 0.29) is 23.6 Å². The van der Waals surface area contributed by atoms with Crippen LogP contribution >= 0.6 is 0 Å². The van der Waals surface area contributed by atoms with E-state index >= 15 is 0 Å². The lowest BCUT2D eigenvalue weighted by atomic mass is 9.76. The first-order valence-electron chi connectivity index (χ1n) is 18.4. The molecule has 3 fully saturated rings. The molecule has 3 aliphatic heterocycles. The van der Waals surface area contributed by atoms with Gasteiger partial charge in [0, 0.05) is 85.7 Å². The summed E-state index contributed by atoms with van der Waals surface area (Å²) in [6.07, 6.45) is 7.92. The Labute approximate surface area is 293 Å². The van der Waals surface area contributed by atoms with Crippen LogP contribution < -0.4 is 10.2 Å². The van der Waals surface area contributed by atoms with Crippen molar-refractivity contribution in [2.75, 3.05) is 44.2 Å². The first-order chi connectivity index (χ1) is 24.1. The highest BCUT2D eigenvalue weighted by Crippen LogP contribution is 2.38. The smallest absolute Gasteiger partial charge is 0.253 e. The van der Waals surface area contributed by atoms with Crippen LogP contribution in [0.2, 0.25) is 0 Å². The highest BCUT2D eigenvalue weighted by molar-refractivity contribution is 6.01. The number of piperazine rings is 1. The Kier molecular flexibility index (Phi) is 8.49. The molecule has 0 saturated carbocycles. The van der Waals surface area contributed by atoms with Crippen LogP contribution in [-0.2, 0) is 22.4 Å². The van der Waals surface area contributed by atoms with Gasteiger partial charge in [-0.05, 0) is 86.6 Å². The second-order valence-corrected chi connectivity index (χ2v) is 15.8. The normalized spacial score (nSPS) is 23.3. The zero-order valence-corrected chi connectivity index (χ0v) is 29.4. The van der Waals surface area contributed by atoms with Gasteiger partial charge in [0.25, 0.3) is 5.91 Å². The fourth-order valence-electron chi connectivity index (χ4n) is 8.57. The Morgan fingerprint density at radius 1 is 1.00 bits per heavy atom. The maximum atomic E-state index is 13.6. The van der Waals surface area contributed by atoms with Crippen molar-refractivity contribution in [2.45, 2.75) is 77.7 Å². The molecule has 1 aromatic carbocycles. The highest BCUT2D eigenvalue weighted by Gasteiger charge is 2.32. The van der Waals surface area contributed by atoms with Gasteiger partial charge in [-0.2, -0.15) is 5.10 Å². The molecule has 1 aliphatic carbocycles. The van der Waals surface area contributed by atoms with E-state index in [2.05, 4.69) is 58.1 Å². The molecule has 3 saturated heterocycles. The number of anilines is 1. The number of pyridine rings is 1. The molecular formula is C39H48N8O3. The minimum absolute atomic E-state index is 0.110. The number of nitrogens with zero attached hydrogens (tertiary/aromatic N) is 5. The number of aromatic amines is 2. The number of fused-ring (bicyclic) bond motifs is 2. The van der Waals surface area contributed by atoms with Crippen LogP contribution in [-0.4, -0.2) is 93.0 Å². The van der Waals surface area contributed by atoms with E-state index < -0.39 is 0 Å². The topological polar surface area (TPSA) is 130 Å². The number of rotatable bonds is 6. The average molecular weight is 677 g/mol. The van der Waals surface area contributed by atoms with Crippen molar-refractivity contribution in [2.24, 2.45) is 11.3 Å². The van der Waals surface area contributed by atoms with E-state index in [0.29, 0.717) is 30.2 Å². The molecule has 3 aromatic heterocycles. The molecule has 8 rings (SSSR count). The summed E-state index contributed by atoms with van der Waals surface area (Å²) in [4.78, 5) is 52.6. The summed E-state index contributed by atoms with van der Waals surface area (Å²) in [5.41, 5.74) is 7.46. The molecule has 2 atom stereocenters. The zero-order chi connectivity index (χ0) is 34.6. The Balaban J connectivity index is 0.835. The van der Waals surface area contributed by atoms with Gasteiger partial charge in [0.05, 0.1) is 11.6 Å². The quantitative estimate of drug-likeness (QED) is 0.244. The molecule has 50 heavy (non-hydrogen) atoms. The number of nitrogens with one attached hydrogen (secondary N) is 3. The number of hydrogen-bond acceptors (Lipinski definition) is 7. The molecule has 0 bridgehead atoms. The van der Waals surface area contributed by atoms with E-state index in [9.17, 15) is 14.4 Å². The minimum atomic E-state index is -0.311. The van der Waals surface area contributed by atoms with Gasteiger partial charge in [0.1, 0.15) is 11.5 Å². The standard InChI is InChI=1S/C39H48N8O3/c1-24-22-47(34-8-6-28(21-40-34)29-7-9-35(48)42-37(29)49)17-16-46(24)23-25-11-14-45(15-12-25)38(50)27-5-4-26-18-32(41-31(26)19-27)36-30-10-13-39(2,3)20-33(30)43-44-36/h4-6,8,18-19,21,24-25,29,41H,7,9-17,20,22-23H2,1-3H3,(H,43,44)(H,42,48,49). The second kappa shape index (κ2) is 13.0. The fraction of sp³-hybridized carbons (Fsp3) is 0.513. The summed E-state index contributed by atoms with van der Waals surface area (Å²) in [5, 5.41) is 11.5. The van der Waals surface area contributed by atoms with Crippen molar-refractivity contribution >= 4 is 34.4 Å². The molecule has 4 aromatic rings. The summed E-state index contributed by atoms with van der Waals surface area (Å²) in [7, 11) is 0. The number of carbonyl (C=O) groups excluding carboxylic acids is 3. The largest absolute Gasteiger partial charge is 0.354 e. The number of piperidine rings is 2. The zero-order valence-electron chi connectivity index (χ0n) is 29.4. The van der Waals surface area contributed by atoms with Gasteiger partial charge in [-0.25, -0.2) is 4.98 Å². The summed E-state index contributed by atoms with van der Waals surface area (Å²) >= 11 is 0. The number of carbonyl (C=O) groups is 3. The van der Waals surface area contributed by atoms with Gasteiger partial charge in [-0.1, -0.05) is 26.0 Å². The number of aromatic nitrogens is 4. The molecule has 11 nitrogen and oxygen atoms in total. The molecule has 6 heterocycles. The number of likely N-dealkylation sites (tertiary alicyclic amines) is 1. The van der Waals surface area contributed by atoms with Crippen LogP contribution in [0.3, 0.4) is 0 Å². The predicted molar refractivity (Wildman–Crippen MR) is 193 cm³/mol. The summed E-state index contributed by atoms with van der Waals surface area (Å²) < 4.78 is 0. The number of benzene rings is 1. The second-order valence-electron chi connectivity index (χ2n) is 15.8. The monoisotopic (exact) mass is 676 g/mol. The van der Waals surface area contributed by atoms with Crippen LogP contribution in [0.4, 0.5) is 5.82 Å². The third-order valence-electron chi connectivity index (χ3n) is 11.7. The SMILES string of the molecule is CC1CN(c2ccc(C3CCC(=O)NC3=O)cn2)CCN1CC1CCN(C(=O)c2ccc3cc(-c4n[nH]c5c4CCC(C)(C)C5)[nH]c3c2)CC1. The lowest BCUT2D eigenvalue weighted by molar-refractivity contribution is -0.134. The summed E-state index contributed by atoms with van der Waals surface area (Å²) in [6, 6.07) is 12.6. The molecule has 4 aliphatic rings. The van der Waals surface area contributed by atoms with E-state index in [4.69, 9.17) is 10.1 Å². The van der Waals surface area contributed by atoms with Crippen molar-refractivity contribution in [3.63, 3.8) is 0 Å². The van der Waals surface area contributed by atoms with E-state index in [0.717, 1.165) is 111 Å². The highest BCUT2D eigenvalue weighted by atomic mass is 16.2. The Hall–Kier alpha value is -4.51. The number of hydrogen-bond donors (Lipinski definition) is 3. The fourth-order valence-corrected chi connectivity index (χ4v) is 8.57. The molecule has 2 unspecified atom stereocenters. The molecule has 3 amide bonds. The number of amides is 3. The van der Waals surface area contributed by atoms with Gasteiger partial charge < -0.3 is 14.8 Å². The van der Waals surface area contributed by atoms with E-state index in [1.165, 1.54) is 11.3 Å². The minimum Gasteiger partial charge on any atom is -0.354 e. The summed E-state index contributed by atoms with van der Waals surface area (Å²) in [6.45, 7) is 12.3. The Morgan fingerprint density at radius 3 is 2.60 bits per heavy atom. The third-order valence-corrected chi connectivity index (χ3v) is 11.7. The number of H-pyrrole nitrogens is 2. The van der Waals surface area contributed by atoms with Crippen LogP contribution in [0.5, 0.6) is 0 Å². The predicted octanol–water partition coefficient (Wildman–Crippen LogP) is 5.05. The number of imide groups is 1. The van der Waals surface area contributed by atoms with Crippen molar-refractivity contribution < 1.29 is 14.4 Å². The lowest BCUT2D eigenvalue weighted by Crippen LogP contribution is -2.54. The van der Waals surface area contributed by atoms with Crippen LogP contribution in [0.25, 0.3) is 22.3 Å². The van der Waals surface area contributed by atoms with Gasteiger partial charge in [-0.15, -0.1) is 0 Å².